The lowest BCUT2D eigenvalue weighted by molar-refractivity contribution is -0.385. The largest absolute Gasteiger partial charge is 0.456 e. The molecule has 0 atom stereocenters. The number of aryl methyl sites for hydroxylation is 2. The van der Waals surface area contributed by atoms with Gasteiger partial charge < -0.3 is 4.74 Å². The van der Waals surface area contributed by atoms with Gasteiger partial charge in [-0.3, -0.25) is 10.1 Å². The first-order chi connectivity index (χ1) is 8.99. The Hall–Kier alpha value is -1.88. The van der Waals surface area contributed by atoms with E-state index in [-0.39, 0.29) is 5.69 Å². The molecule has 0 fully saturated rings. The molecule has 0 N–H and O–H groups in total. The SMILES string of the molecule is Cc1ccccc1Oc1c(C)cc([N+](=O)[O-])cc1Br. The molecule has 0 aliphatic heterocycles. The zero-order chi connectivity index (χ0) is 14.0. The first kappa shape index (κ1) is 13.5. The van der Waals surface area contributed by atoms with E-state index in [0.717, 1.165) is 11.3 Å². The second-order valence-corrected chi connectivity index (χ2v) is 5.05. The van der Waals surface area contributed by atoms with E-state index < -0.39 is 4.92 Å². The monoisotopic (exact) mass is 321 g/mol. The third kappa shape index (κ3) is 2.93. The molecular weight excluding hydrogens is 310 g/mol. The minimum Gasteiger partial charge on any atom is -0.456 e. The molecule has 0 spiro atoms. The van der Waals surface area contributed by atoms with Crippen LogP contribution in [0.3, 0.4) is 0 Å². The van der Waals surface area contributed by atoms with Gasteiger partial charge in [-0.25, -0.2) is 0 Å². The normalized spacial score (nSPS) is 10.3. The molecule has 0 bridgehead atoms. The van der Waals surface area contributed by atoms with Crippen molar-refractivity contribution in [1.82, 2.24) is 0 Å². The average Bonchev–Trinajstić information content (AvgIpc) is 2.35. The molecule has 0 saturated carbocycles. The van der Waals surface area contributed by atoms with Gasteiger partial charge in [0.25, 0.3) is 5.69 Å². The summed E-state index contributed by atoms with van der Waals surface area (Å²) in [5, 5.41) is 10.8. The van der Waals surface area contributed by atoms with Gasteiger partial charge in [0.2, 0.25) is 0 Å². The Balaban J connectivity index is 2.42. The fourth-order valence-corrected chi connectivity index (χ4v) is 2.36. The lowest BCUT2D eigenvalue weighted by atomic mass is 10.2. The van der Waals surface area contributed by atoms with E-state index in [4.69, 9.17) is 4.74 Å². The zero-order valence-electron chi connectivity index (χ0n) is 10.5. The van der Waals surface area contributed by atoms with E-state index in [1.807, 2.05) is 31.2 Å². The molecule has 0 radical (unpaired) electrons. The second-order valence-electron chi connectivity index (χ2n) is 4.20. The first-order valence-electron chi connectivity index (χ1n) is 5.67. The van der Waals surface area contributed by atoms with E-state index in [2.05, 4.69) is 15.9 Å². The fourth-order valence-electron chi connectivity index (χ4n) is 1.73. The van der Waals surface area contributed by atoms with Crippen molar-refractivity contribution in [2.75, 3.05) is 0 Å². The standard InChI is InChI=1S/C14H12BrNO3/c1-9-5-3-4-6-13(9)19-14-10(2)7-11(16(17)18)8-12(14)15/h3-8H,1-2H3. The molecule has 0 unspecified atom stereocenters. The highest BCUT2D eigenvalue weighted by atomic mass is 79.9. The quantitative estimate of drug-likeness (QED) is 0.604. The molecule has 0 amide bonds. The van der Waals surface area contributed by atoms with Crippen molar-refractivity contribution >= 4 is 21.6 Å². The Morgan fingerprint density at radius 3 is 2.42 bits per heavy atom. The number of non-ortho nitro benzene ring substituents is 1. The van der Waals surface area contributed by atoms with Crippen LogP contribution < -0.4 is 4.74 Å². The van der Waals surface area contributed by atoms with E-state index in [1.165, 1.54) is 12.1 Å². The molecule has 2 aromatic carbocycles. The lowest BCUT2D eigenvalue weighted by Crippen LogP contribution is -1.94. The van der Waals surface area contributed by atoms with Crippen molar-refractivity contribution in [2.45, 2.75) is 13.8 Å². The predicted octanol–water partition coefficient (Wildman–Crippen LogP) is 4.77. The van der Waals surface area contributed by atoms with Crippen molar-refractivity contribution < 1.29 is 9.66 Å². The number of nitrogens with zero attached hydrogens (tertiary/aromatic N) is 1. The Morgan fingerprint density at radius 1 is 1.16 bits per heavy atom. The number of benzene rings is 2. The van der Waals surface area contributed by atoms with Gasteiger partial charge in [0.05, 0.1) is 9.40 Å². The summed E-state index contributed by atoms with van der Waals surface area (Å²) in [5.41, 5.74) is 1.76. The molecule has 5 heteroatoms. The average molecular weight is 322 g/mol. The van der Waals surface area contributed by atoms with Crippen LogP contribution >= 0.6 is 15.9 Å². The van der Waals surface area contributed by atoms with E-state index in [1.54, 1.807) is 6.92 Å². The summed E-state index contributed by atoms with van der Waals surface area (Å²) in [6.07, 6.45) is 0. The van der Waals surface area contributed by atoms with Gasteiger partial charge in [-0.1, -0.05) is 18.2 Å². The highest BCUT2D eigenvalue weighted by molar-refractivity contribution is 9.10. The number of hydrogen-bond acceptors (Lipinski definition) is 3. The zero-order valence-corrected chi connectivity index (χ0v) is 12.1. The maximum atomic E-state index is 10.8. The van der Waals surface area contributed by atoms with Crippen LogP contribution in [0, 0.1) is 24.0 Å². The summed E-state index contributed by atoms with van der Waals surface area (Å²) in [7, 11) is 0. The number of rotatable bonds is 3. The molecule has 0 heterocycles. The third-order valence-electron chi connectivity index (χ3n) is 2.73. The molecule has 0 aromatic heterocycles. The van der Waals surface area contributed by atoms with Crippen LogP contribution in [0.2, 0.25) is 0 Å². The highest BCUT2D eigenvalue weighted by Crippen LogP contribution is 2.36. The summed E-state index contributed by atoms with van der Waals surface area (Å²) < 4.78 is 6.41. The van der Waals surface area contributed by atoms with Crippen LogP contribution in [-0.4, -0.2) is 4.92 Å². The Morgan fingerprint density at radius 2 is 1.84 bits per heavy atom. The number of para-hydroxylation sites is 1. The van der Waals surface area contributed by atoms with Gasteiger partial charge >= 0.3 is 0 Å². The minimum absolute atomic E-state index is 0.0431. The van der Waals surface area contributed by atoms with E-state index in [0.29, 0.717) is 15.8 Å². The van der Waals surface area contributed by atoms with Crippen molar-refractivity contribution in [3.8, 4) is 11.5 Å². The molecule has 0 aliphatic rings. The third-order valence-corrected chi connectivity index (χ3v) is 3.32. The van der Waals surface area contributed by atoms with Crippen LogP contribution in [-0.2, 0) is 0 Å². The van der Waals surface area contributed by atoms with Gasteiger partial charge in [-0.2, -0.15) is 0 Å². The van der Waals surface area contributed by atoms with Gasteiger partial charge in [-0.05, 0) is 47.0 Å². The topological polar surface area (TPSA) is 52.4 Å². The van der Waals surface area contributed by atoms with Gasteiger partial charge in [0.1, 0.15) is 11.5 Å². The van der Waals surface area contributed by atoms with Gasteiger partial charge in [-0.15, -0.1) is 0 Å². The van der Waals surface area contributed by atoms with Crippen molar-refractivity contribution in [1.29, 1.82) is 0 Å². The number of hydrogen-bond donors (Lipinski definition) is 0. The minimum atomic E-state index is -0.421. The summed E-state index contributed by atoms with van der Waals surface area (Å²) in [4.78, 5) is 10.4. The molecule has 98 valence electrons. The van der Waals surface area contributed by atoms with Crippen LogP contribution in [0.15, 0.2) is 40.9 Å². The fraction of sp³-hybridized carbons (Fsp3) is 0.143. The summed E-state index contributed by atoms with van der Waals surface area (Å²) in [6, 6.07) is 10.6. The number of ether oxygens (including phenoxy) is 1. The van der Waals surface area contributed by atoms with E-state index >= 15 is 0 Å². The Kier molecular flexibility index (Phi) is 3.85. The first-order valence-corrected chi connectivity index (χ1v) is 6.46. The smallest absolute Gasteiger partial charge is 0.271 e. The second kappa shape index (κ2) is 5.40. The molecule has 2 aromatic rings. The molecule has 4 nitrogen and oxygen atoms in total. The Labute approximate surface area is 119 Å². The summed E-state index contributed by atoms with van der Waals surface area (Å²) in [6.45, 7) is 3.73. The molecule has 2 rings (SSSR count). The number of nitro benzene ring substituents is 1. The summed E-state index contributed by atoms with van der Waals surface area (Å²) >= 11 is 3.32. The number of nitro groups is 1. The highest BCUT2D eigenvalue weighted by Gasteiger charge is 2.15. The van der Waals surface area contributed by atoms with Crippen LogP contribution in [0.1, 0.15) is 11.1 Å². The lowest BCUT2D eigenvalue weighted by Gasteiger charge is -2.12. The van der Waals surface area contributed by atoms with Crippen LogP contribution in [0.4, 0.5) is 5.69 Å². The number of halogens is 1. The van der Waals surface area contributed by atoms with Crippen molar-refractivity contribution in [3.05, 3.63) is 62.1 Å². The van der Waals surface area contributed by atoms with Crippen molar-refractivity contribution in [3.63, 3.8) is 0 Å². The van der Waals surface area contributed by atoms with E-state index in [9.17, 15) is 10.1 Å². The molecular formula is C14H12BrNO3. The molecule has 0 saturated heterocycles. The maximum absolute atomic E-state index is 10.8. The maximum Gasteiger partial charge on any atom is 0.271 e. The summed E-state index contributed by atoms with van der Waals surface area (Å²) in [5.74, 6) is 1.33. The molecule has 0 aliphatic carbocycles. The van der Waals surface area contributed by atoms with Gasteiger partial charge in [0, 0.05) is 12.1 Å². The molecule has 19 heavy (non-hydrogen) atoms. The van der Waals surface area contributed by atoms with Crippen LogP contribution in [0.5, 0.6) is 11.5 Å². The predicted molar refractivity (Wildman–Crippen MR) is 76.8 cm³/mol. The van der Waals surface area contributed by atoms with Crippen LogP contribution in [0.25, 0.3) is 0 Å². The van der Waals surface area contributed by atoms with Gasteiger partial charge in [0.15, 0.2) is 0 Å². The Bertz CT molecular complexity index is 617. The van der Waals surface area contributed by atoms with Crippen molar-refractivity contribution in [2.24, 2.45) is 0 Å².